The van der Waals surface area contributed by atoms with Gasteiger partial charge in [0.2, 0.25) is 18.1 Å². The van der Waals surface area contributed by atoms with Crippen molar-refractivity contribution in [2.75, 3.05) is 14.1 Å². The lowest BCUT2D eigenvalue weighted by molar-refractivity contribution is 0.615. The zero-order valence-corrected chi connectivity index (χ0v) is 13.8. The van der Waals surface area contributed by atoms with Crippen LogP contribution in [-0.2, 0) is 0 Å². The molecule has 0 fully saturated rings. The van der Waals surface area contributed by atoms with Crippen LogP contribution in [0.3, 0.4) is 0 Å². The third-order valence-corrected chi connectivity index (χ3v) is 0.872. The van der Waals surface area contributed by atoms with Crippen molar-refractivity contribution in [3.63, 3.8) is 0 Å². The summed E-state index contributed by atoms with van der Waals surface area (Å²) >= 11 is 0. The number of guanidine groups is 3. The number of aliphatic imine (C=N–C) groups is 2. The fourth-order valence-electron chi connectivity index (χ4n) is 0.281. The van der Waals surface area contributed by atoms with Gasteiger partial charge >= 0.3 is 0 Å². The molecule has 0 radical (unpaired) electrons. The lowest BCUT2D eigenvalue weighted by Gasteiger charge is -2.08. The molecule has 0 atom stereocenters. The van der Waals surface area contributed by atoms with Gasteiger partial charge in [-0.1, -0.05) is 27.7 Å². The summed E-state index contributed by atoms with van der Waals surface area (Å²) in [7, 11) is 3.45. The van der Waals surface area contributed by atoms with Crippen molar-refractivity contribution in [3.05, 3.63) is 0 Å². The second-order valence-electron chi connectivity index (χ2n) is 3.09. The van der Waals surface area contributed by atoms with Gasteiger partial charge in [0.1, 0.15) is 0 Å². The van der Waals surface area contributed by atoms with Crippen LogP contribution in [0.15, 0.2) is 9.98 Å². The Morgan fingerprint density at radius 2 is 1.48 bits per heavy atom. The maximum Gasteiger partial charge on any atom is 0.215 e. The van der Waals surface area contributed by atoms with Crippen LogP contribution in [0.1, 0.15) is 27.7 Å². The van der Waals surface area contributed by atoms with Crippen molar-refractivity contribution < 1.29 is 0 Å². The summed E-state index contributed by atoms with van der Waals surface area (Å²) in [6.07, 6.45) is 2.66. The maximum atomic E-state index is 7.64. The van der Waals surface area contributed by atoms with Gasteiger partial charge in [-0.05, 0) is 0 Å². The number of nitriles is 1. The first-order valence-electron chi connectivity index (χ1n) is 5.05. The number of nitrogens with zero attached hydrogens (tertiary/aromatic N) is 4. The number of hydrogen-bond acceptors (Lipinski definition) is 3. The van der Waals surface area contributed by atoms with Crippen molar-refractivity contribution in [1.29, 1.82) is 10.7 Å². The molecule has 9 N–H and O–H groups in total. The number of rotatable bonds is 0. The summed E-state index contributed by atoms with van der Waals surface area (Å²) in [6.45, 7) is 4.25. The summed E-state index contributed by atoms with van der Waals surface area (Å²) in [6, 6.07) is 0. The Hall–Kier alpha value is -1.92. The standard InChI is InChI=1S/C4H11N5.C3H8.C2H4N4.CH4.2ClH/c1-9(2)4(7)8-3(5)6;1-3-2;3-1-6-2(4)5;;;/h1-2H3,(H5,5,6,7,8);3H2,1-2H3;(H4,4,5,6);1H4;2*1H. The molecule has 0 rings (SSSR count). The first-order chi connectivity index (χ1) is 8.22. The molecule has 11 heteroatoms. The van der Waals surface area contributed by atoms with Crippen LogP contribution in [0.5, 0.6) is 0 Å². The highest BCUT2D eigenvalue weighted by Gasteiger charge is 1.92. The quantitative estimate of drug-likeness (QED) is 0.240. The first-order valence-corrected chi connectivity index (χ1v) is 5.05. The fraction of sp³-hybridized carbons (Fsp3) is 0.600. The van der Waals surface area contributed by atoms with E-state index in [2.05, 4.69) is 23.8 Å². The molecule has 0 aliphatic rings. The number of halogens is 2. The van der Waals surface area contributed by atoms with Gasteiger partial charge in [-0.3, -0.25) is 5.41 Å². The highest BCUT2D eigenvalue weighted by Crippen LogP contribution is 1.73. The first kappa shape index (κ1) is 36.5. The summed E-state index contributed by atoms with van der Waals surface area (Å²) < 4.78 is 0. The summed E-state index contributed by atoms with van der Waals surface area (Å²) in [4.78, 5) is 7.93. The summed E-state index contributed by atoms with van der Waals surface area (Å²) in [5.41, 5.74) is 19.6. The predicted octanol–water partition coefficient (Wildman–Crippen LogP) is 0.393. The zero-order chi connectivity index (χ0) is 15.1. The van der Waals surface area contributed by atoms with E-state index in [0.717, 1.165) is 0 Å². The fourth-order valence-corrected chi connectivity index (χ4v) is 0.281. The number of hydrogen-bond donors (Lipinski definition) is 5. The molecule has 0 aromatic rings. The molecule has 0 heterocycles. The van der Waals surface area contributed by atoms with Crippen LogP contribution in [-0.4, -0.2) is 36.9 Å². The molecule has 0 aromatic heterocycles. The van der Waals surface area contributed by atoms with Crippen molar-refractivity contribution in [2.24, 2.45) is 32.9 Å². The van der Waals surface area contributed by atoms with Crippen molar-refractivity contribution in [1.82, 2.24) is 4.90 Å². The SMILES string of the molecule is C.CCC.CN(C)C(N)=NC(=N)N.Cl.Cl.N#CN=C(N)N. The minimum Gasteiger partial charge on any atom is -0.369 e. The van der Waals surface area contributed by atoms with Gasteiger partial charge in [0, 0.05) is 14.1 Å². The molecule has 0 aromatic carbocycles. The minimum atomic E-state index is -0.277. The Kier molecular flexibility index (Phi) is 46.2. The Bertz CT molecular complexity index is 317. The van der Waals surface area contributed by atoms with Gasteiger partial charge in [0.05, 0.1) is 0 Å². The van der Waals surface area contributed by atoms with E-state index in [9.17, 15) is 0 Å². The van der Waals surface area contributed by atoms with Gasteiger partial charge in [0.25, 0.3) is 0 Å². The molecule has 0 spiro atoms. The molecule has 0 saturated heterocycles. The van der Waals surface area contributed by atoms with E-state index in [-0.39, 0.29) is 50.1 Å². The maximum absolute atomic E-state index is 7.64. The highest BCUT2D eigenvalue weighted by molar-refractivity contribution is 5.91. The monoisotopic (exact) mass is 345 g/mol. The predicted molar refractivity (Wildman–Crippen MR) is 95.8 cm³/mol. The molecule has 0 aliphatic heterocycles. The Morgan fingerprint density at radius 1 is 1.14 bits per heavy atom. The number of nitrogens with one attached hydrogen (secondary N) is 1. The number of nitrogens with two attached hydrogens (primary N) is 4. The molecule has 0 amide bonds. The largest absolute Gasteiger partial charge is 0.369 e. The second-order valence-corrected chi connectivity index (χ2v) is 3.09. The van der Waals surface area contributed by atoms with Crippen LogP contribution in [0, 0.1) is 16.9 Å². The van der Waals surface area contributed by atoms with Gasteiger partial charge in [-0.25, -0.2) is 0 Å². The van der Waals surface area contributed by atoms with Crippen molar-refractivity contribution in [2.45, 2.75) is 27.7 Å². The molecule has 0 unspecified atom stereocenters. The Morgan fingerprint density at radius 3 is 1.52 bits per heavy atom. The highest BCUT2D eigenvalue weighted by atomic mass is 35.5. The van der Waals surface area contributed by atoms with E-state index in [1.165, 1.54) is 12.6 Å². The average Bonchev–Trinajstić information content (AvgIpc) is 2.18. The van der Waals surface area contributed by atoms with E-state index in [4.69, 9.17) is 33.6 Å². The second kappa shape index (κ2) is 26.6. The molecular formula is C10H29Cl2N9. The van der Waals surface area contributed by atoms with E-state index in [1.807, 2.05) is 0 Å². The van der Waals surface area contributed by atoms with Crippen LogP contribution >= 0.6 is 24.8 Å². The summed E-state index contributed by atoms with van der Waals surface area (Å²) in [5.74, 6) is -0.235. The van der Waals surface area contributed by atoms with Gasteiger partial charge in [0.15, 0.2) is 5.96 Å². The van der Waals surface area contributed by atoms with E-state index in [0.29, 0.717) is 0 Å². The molecule has 0 aliphatic carbocycles. The molecule has 0 saturated carbocycles. The average molecular weight is 346 g/mol. The smallest absolute Gasteiger partial charge is 0.215 e. The Labute approximate surface area is 139 Å². The molecule has 9 nitrogen and oxygen atoms in total. The molecular weight excluding hydrogens is 317 g/mol. The van der Waals surface area contributed by atoms with E-state index in [1.54, 1.807) is 19.0 Å². The van der Waals surface area contributed by atoms with Gasteiger partial charge in [-0.2, -0.15) is 10.3 Å². The lowest BCUT2D eigenvalue weighted by atomic mass is 10.6. The van der Waals surface area contributed by atoms with E-state index < -0.39 is 0 Å². The van der Waals surface area contributed by atoms with Crippen molar-refractivity contribution >= 4 is 42.7 Å². The van der Waals surface area contributed by atoms with Crippen molar-refractivity contribution in [3.8, 4) is 6.19 Å². The summed E-state index contributed by atoms with van der Waals surface area (Å²) in [5, 5.41) is 14.3. The Balaban J connectivity index is -0.0000000417. The molecule has 128 valence electrons. The lowest BCUT2D eigenvalue weighted by Crippen LogP contribution is -2.32. The van der Waals surface area contributed by atoms with Crippen LogP contribution < -0.4 is 22.9 Å². The normalized spacial score (nSPS) is 7.29. The van der Waals surface area contributed by atoms with Crippen LogP contribution in [0.4, 0.5) is 0 Å². The third kappa shape index (κ3) is 56.7. The van der Waals surface area contributed by atoms with Gasteiger partial charge in [-0.15, -0.1) is 29.8 Å². The van der Waals surface area contributed by atoms with Crippen LogP contribution in [0.2, 0.25) is 0 Å². The zero-order valence-electron chi connectivity index (χ0n) is 12.1. The van der Waals surface area contributed by atoms with E-state index >= 15 is 0 Å². The topological polar surface area (TPSA) is 180 Å². The molecule has 0 bridgehead atoms. The molecule has 21 heavy (non-hydrogen) atoms. The minimum absolute atomic E-state index is 0. The van der Waals surface area contributed by atoms with Crippen LogP contribution in [0.25, 0.3) is 0 Å². The van der Waals surface area contributed by atoms with Gasteiger partial charge < -0.3 is 27.8 Å². The third-order valence-electron chi connectivity index (χ3n) is 0.872.